The molecule has 2 fully saturated rings. The lowest BCUT2D eigenvalue weighted by Crippen LogP contribution is -2.48. The Balaban J connectivity index is 1.34. The van der Waals surface area contributed by atoms with E-state index in [1.807, 2.05) is 24.3 Å². The Labute approximate surface area is 174 Å². The highest BCUT2D eigenvalue weighted by Crippen LogP contribution is 2.33. The molecule has 0 unspecified atom stereocenters. The number of halogens is 1. The molecule has 0 bridgehead atoms. The van der Waals surface area contributed by atoms with Crippen molar-refractivity contribution in [2.75, 3.05) is 6.54 Å². The van der Waals surface area contributed by atoms with E-state index in [-0.39, 0.29) is 18.4 Å². The number of aromatic nitrogens is 2. The van der Waals surface area contributed by atoms with Crippen molar-refractivity contribution < 1.29 is 23.6 Å². The van der Waals surface area contributed by atoms with Crippen molar-refractivity contribution in [3.05, 3.63) is 34.6 Å². The number of urea groups is 1. The number of carbonyl (C=O) groups excluding carboxylic acids is 3. The van der Waals surface area contributed by atoms with Crippen LogP contribution in [0.1, 0.15) is 38.0 Å². The molecule has 2 aliphatic rings. The Morgan fingerprint density at radius 3 is 2.83 bits per heavy atom. The van der Waals surface area contributed by atoms with Gasteiger partial charge in [0.1, 0.15) is 12.1 Å². The zero-order valence-electron chi connectivity index (χ0n) is 15.5. The SMILES string of the molecule is O=C(CN1C(=O)NC2(CCCCC2)C1=O)OCc1nc(-c2cccc(Br)c2)no1. The largest absolute Gasteiger partial charge is 0.454 e. The van der Waals surface area contributed by atoms with E-state index in [0.29, 0.717) is 18.7 Å². The standard InChI is InChI=1S/C19H19BrN4O5/c20-13-6-4-5-12(9-13)16-21-14(29-23-16)11-28-15(25)10-24-17(26)19(22-18(24)27)7-2-1-3-8-19/h4-6,9H,1-3,7-8,10-11H2,(H,22,27). The van der Waals surface area contributed by atoms with Crippen LogP contribution in [-0.2, 0) is 20.9 Å². The van der Waals surface area contributed by atoms with Crippen LogP contribution in [0.5, 0.6) is 0 Å². The molecule has 29 heavy (non-hydrogen) atoms. The molecule has 1 spiro atoms. The number of carbonyl (C=O) groups is 3. The van der Waals surface area contributed by atoms with Crippen LogP contribution in [0.4, 0.5) is 4.79 Å². The molecule has 0 radical (unpaired) electrons. The third kappa shape index (κ3) is 4.02. The van der Waals surface area contributed by atoms with E-state index in [9.17, 15) is 14.4 Å². The Kier molecular flexibility index (Phi) is 5.35. The van der Waals surface area contributed by atoms with Gasteiger partial charge in [-0.15, -0.1) is 0 Å². The van der Waals surface area contributed by atoms with Gasteiger partial charge in [-0.1, -0.05) is 52.5 Å². The molecule has 1 saturated heterocycles. The highest BCUT2D eigenvalue weighted by atomic mass is 79.9. The number of nitrogens with one attached hydrogen (secondary N) is 1. The first kappa shape index (κ1) is 19.6. The third-order valence-corrected chi connectivity index (χ3v) is 5.64. The van der Waals surface area contributed by atoms with Crippen molar-refractivity contribution in [1.82, 2.24) is 20.4 Å². The molecule has 1 aromatic carbocycles. The summed E-state index contributed by atoms with van der Waals surface area (Å²) in [6.45, 7) is -0.687. The van der Waals surface area contributed by atoms with Gasteiger partial charge in [-0.05, 0) is 25.0 Å². The molecule has 9 nitrogen and oxygen atoms in total. The monoisotopic (exact) mass is 462 g/mol. The predicted molar refractivity (Wildman–Crippen MR) is 103 cm³/mol. The maximum atomic E-state index is 12.7. The zero-order chi connectivity index (χ0) is 20.4. The van der Waals surface area contributed by atoms with E-state index in [4.69, 9.17) is 9.26 Å². The summed E-state index contributed by atoms with van der Waals surface area (Å²) < 4.78 is 11.1. The van der Waals surface area contributed by atoms with E-state index in [2.05, 4.69) is 31.4 Å². The molecule has 152 valence electrons. The molecular formula is C19H19BrN4O5. The van der Waals surface area contributed by atoms with Gasteiger partial charge in [0.2, 0.25) is 5.82 Å². The molecule has 1 aliphatic heterocycles. The van der Waals surface area contributed by atoms with Gasteiger partial charge in [0.25, 0.3) is 11.8 Å². The van der Waals surface area contributed by atoms with Crippen molar-refractivity contribution in [1.29, 1.82) is 0 Å². The minimum atomic E-state index is -0.860. The summed E-state index contributed by atoms with van der Waals surface area (Å²) in [4.78, 5) is 42.2. The second-order valence-corrected chi connectivity index (χ2v) is 8.06. The number of esters is 1. The first-order valence-electron chi connectivity index (χ1n) is 9.35. The molecule has 10 heteroatoms. The highest BCUT2D eigenvalue weighted by Gasteiger charge is 2.51. The number of hydrogen-bond donors (Lipinski definition) is 1. The number of amides is 3. The van der Waals surface area contributed by atoms with Crippen molar-refractivity contribution in [3.63, 3.8) is 0 Å². The summed E-state index contributed by atoms with van der Waals surface area (Å²) in [6.07, 6.45) is 4.00. The number of rotatable bonds is 5. The third-order valence-electron chi connectivity index (χ3n) is 5.15. The Morgan fingerprint density at radius 2 is 2.07 bits per heavy atom. The van der Waals surface area contributed by atoms with Gasteiger partial charge in [-0.2, -0.15) is 4.98 Å². The number of ether oxygens (including phenoxy) is 1. The molecule has 1 aliphatic carbocycles. The van der Waals surface area contributed by atoms with Crippen LogP contribution in [0, 0.1) is 0 Å². The fourth-order valence-corrected chi connectivity index (χ4v) is 4.09. The van der Waals surface area contributed by atoms with Crippen LogP contribution in [0.25, 0.3) is 11.4 Å². The normalized spacial score (nSPS) is 18.2. The summed E-state index contributed by atoms with van der Waals surface area (Å²) in [6, 6.07) is 6.82. The number of hydrogen-bond acceptors (Lipinski definition) is 7. The number of imide groups is 1. The quantitative estimate of drug-likeness (QED) is 0.536. The maximum Gasteiger partial charge on any atom is 0.326 e. The van der Waals surface area contributed by atoms with Crippen LogP contribution >= 0.6 is 15.9 Å². The van der Waals surface area contributed by atoms with Crippen LogP contribution in [-0.4, -0.2) is 45.0 Å². The van der Waals surface area contributed by atoms with Gasteiger partial charge < -0.3 is 14.6 Å². The zero-order valence-corrected chi connectivity index (χ0v) is 17.1. The summed E-state index contributed by atoms with van der Waals surface area (Å²) in [7, 11) is 0. The lowest BCUT2D eigenvalue weighted by atomic mass is 9.82. The summed E-state index contributed by atoms with van der Waals surface area (Å²) in [5.74, 6) is -0.586. The van der Waals surface area contributed by atoms with Crippen molar-refractivity contribution in [2.45, 2.75) is 44.2 Å². The smallest absolute Gasteiger partial charge is 0.326 e. The molecule has 4 rings (SSSR count). The van der Waals surface area contributed by atoms with Gasteiger partial charge in [0, 0.05) is 10.0 Å². The Bertz CT molecular complexity index is 954. The van der Waals surface area contributed by atoms with E-state index >= 15 is 0 Å². The van der Waals surface area contributed by atoms with Crippen LogP contribution in [0.15, 0.2) is 33.3 Å². The van der Waals surface area contributed by atoms with Gasteiger partial charge >= 0.3 is 12.0 Å². The van der Waals surface area contributed by atoms with Crippen LogP contribution in [0.3, 0.4) is 0 Å². The minimum Gasteiger partial charge on any atom is -0.454 e. The van der Waals surface area contributed by atoms with E-state index in [1.165, 1.54) is 0 Å². The van der Waals surface area contributed by atoms with Crippen molar-refractivity contribution in [2.24, 2.45) is 0 Å². The fourth-order valence-electron chi connectivity index (χ4n) is 3.69. The Hall–Kier alpha value is -2.75. The van der Waals surface area contributed by atoms with Gasteiger partial charge in [0.05, 0.1) is 0 Å². The molecule has 1 saturated carbocycles. The molecule has 1 N–H and O–H groups in total. The molecular weight excluding hydrogens is 444 g/mol. The first-order valence-corrected chi connectivity index (χ1v) is 10.1. The second kappa shape index (κ2) is 7.94. The summed E-state index contributed by atoms with van der Waals surface area (Å²) in [5, 5.41) is 6.62. The van der Waals surface area contributed by atoms with Crippen LogP contribution in [0.2, 0.25) is 0 Å². The molecule has 2 heterocycles. The fraction of sp³-hybridized carbons (Fsp3) is 0.421. The summed E-state index contributed by atoms with van der Waals surface area (Å²) >= 11 is 3.37. The Morgan fingerprint density at radius 1 is 1.28 bits per heavy atom. The number of benzene rings is 1. The lowest BCUT2D eigenvalue weighted by Gasteiger charge is -2.30. The van der Waals surface area contributed by atoms with Crippen LogP contribution < -0.4 is 5.32 Å². The first-order chi connectivity index (χ1) is 14.0. The average Bonchev–Trinajstić information content (AvgIpc) is 3.27. The van der Waals surface area contributed by atoms with Gasteiger partial charge in [-0.25, -0.2) is 4.79 Å². The van der Waals surface area contributed by atoms with E-state index in [0.717, 1.165) is 34.2 Å². The predicted octanol–water partition coefficient (Wildman–Crippen LogP) is 2.80. The second-order valence-electron chi connectivity index (χ2n) is 7.15. The van der Waals surface area contributed by atoms with Crippen molar-refractivity contribution >= 4 is 33.8 Å². The van der Waals surface area contributed by atoms with Crippen molar-refractivity contribution in [3.8, 4) is 11.4 Å². The van der Waals surface area contributed by atoms with Gasteiger partial charge in [0.15, 0.2) is 6.61 Å². The molecule has 3 amide bonds. The maximum absolute atomic E-state index is 12.7. The summed E-state index contributed by atoms with van der Waals surface area (Å²) in [5.41, 5.74) is -0.112. The van der Waals surface area contributed by atoms with Gasteiger partial charge in [-0.3, -0.25) is 14.5 Å². The highest BCUT2D eigenvalue weighted by molar-refractivity contribution is 9.10. The van der Waals surface area contributed by atoms with E-state index < -0.39 is 24.1 Å². The molecule has 2 aromatic rings. The minimum absolute atomic E-state index is 0.120. The molecule has 1 aromatic heterocycles. The lowest BCUT2D eigenvalue weighted by molar-refractivity contribution is -0.149. The number of nitrogens with zero attached hydrogens (tertiary/aromatic N) is 3. The van der Waals surface area contributed by atoms with E-state index in [1.54, 1.807) is 0 Å². The molecule has 0 atom stereocenters. The topological polar surface area (TPSA) is 115 Å². The average molecular weight is 463 g/mol.